The van der Waals surface area contributed by atoms with Gasteiger partial charge in [0.15, 0.2) is 0 Å². The van der Waals surface area contributed by atoms with Gasteiger partial charge in [-0.15, -0.1) is 0 Å². The fourth-order valence-electron chi connectivity index (χ4n) is 1.66. The lowest BCUT2D eigenvalue weighted by Crippen LogP contribution is -2.50. The molecule has 6 heteroatoms. The predicted molar refractivity (Wildman–Crippen MR) is 84.3 cm³/mol. The van der Waals surface area contributed by atoms with Gasteiger partial charge in [-0.25, -0.2) is 4.79 Å². The number of urea groups is 1. The van der Waals surface area contributed by atoms with Crippen LogP contribution in [0.1, 0.15) is 39.3 Å². The maximum absolute atomic E-state index is 11.7. The van der Waals surface area contributed by atoms with Crippen LogP contribution in [0, 0.1) is 0 Å². The number of carbonyl (C=O) groups is 2. The average molecular weight is 312 g/mol. The molecule has 0 saturated carbocycles. The van der Waals surface area contributed by atoms with Crippen molar-refractivity contribution in [1.29, 1.82) is 0 Å². The molecule has 0 saturated heterocycles. The summed E-state index contributed by atoms with van der Waals surface area (Å²) in [5, 5.41) is 8.66. The van der Waals surface area contributed by atoms with E-state index in [0.29, 0.717) is 5.02 Å². The summed E-state index contributed by atoms with van der Waals surface area (Å²) in [4.78, 5) is 23.2. The standard InChI is InChI=1S/C15H22ClN3O2/c1-10(11-5-7-12(16)8-6-11)17-9-13(20)18-14(21)19-15(2,3)4/h5-8,10,17H,9H2,1-4H3,(H2,18,19,20,21)/t10-/m1/s1. The van der Waals surface area contributed by atoms with Crippen LogP contribution in [0.2, 0.25) is 5.02 Å². The summed E-state index contributed by atoms with van der Waals surface area (Å²) < 4.78 is 0. The summed E-state index contributed by atoms with van der Waals surface area (Å²) in [5.41, 5.74) is 0.639. The Morgan fingerprint density at radius 1 is 1.19 bits per heavy atom. The third kappa shape index (κ3) is 7.11. The summed E-state index contributed by atoms with van der Waals surface area (Å²) in [6.45, 7) is 7.53. The van der Waals surface area contributed by atoms with Crippen molar-refractivity contribution >= 4 is 23.5 Å². The van der Waals surface area contributed by atoms with Crippen molar-refractivity contribution in [2.24, 2.45) is 0 Å². The number of nitrogens with one attached hydrogen (secondary N) is 3. The zero-order valence-electron chi connectivity index (χ0n) is 12.8. The van der Waals surface area contributed by atoms with E-state index in [2.05, 4.69) is 16.0 Å². The highest BCUT2D eigenvalue weighted by Gasteiger charge is 2.16. The highest BCUT2D eigenvalue weighted by Crippen LogP contribution is 2.15. The van der Waals surface area contributed by atoms with Crippen LogP contribution in [-0.4, -0.2) is 24.0 Å². The van der Waals surface area contributed by atoms with Gasteiger partial charge in [0.05, 0.1) is 6.54 Å². The molecule has 0 heterocycles. The number of carbonyl (C=O) groups excluding carboxylic acids is 2. The zero-order valence-corrected chi connectivity index (χ0v) is 13.5. The highest BCUT2D eigenvalue weighted by molar-refractivity contribution is 6.30. The van der Waals surface area contributed by atoms with Gasteiger partial charge in [0.25, 0.3) is 0 Å². The zero-order chi connectivity index (χ0) is 16.0. The second kappa shape index (κ2) is 7.43. The van der Waals surface area contributed by atoms with Crippen LogP contribution in [0.3, 0.4) is 0 Å². The largest absolute Gasteiger partial charge is 0.333 e. The molecule has 0 aliphatic rings. The van der Waals surface area contributed by atoms with Crippen molar-refractivity contribution in [3.8, 4) is 0 Å². The number of benzene rings is 1. The fraction of sp³-hybridized carbons (Fsp3) is 0.467. The van der Waals surface area contributed by atoms with Crippen molar-refractivity contribution in [1.82, 2.24) is 16.0 Å². The number of hydrogen-bond donors (Lipinski definition) is 3. The molecule has 0 unspecified atom stereocenters. The van der Waals surface area contributed by atoms with Crippen molar-refractivity contribution < 1.29 is 9.59 Å². The van der Waals surface area contributed by atoms with Crippen molar-refractivity contribution in [2.75, 3.05) is 6.54 Å². The van der Waals surface area contributed by atoms with Crippen molar-refractivity contribution in [3.05, 3.63) is 34.9 Å². The summed E-state index contributed by atoms with van der Waals surface area (Å²) in [5.74, 6) is -0.377. The van der Waals surface area contributed by atoms with Gasteiger partial charge in [-0.1, -0.05) is 23.7 Å². The Labute approximate surface area is 130 Å². The van der Waals surface area contributed by atoms with E-state index in [1.54, 1.807) is 12.1 Å². The summed E-state index contributed by atoms with van der Waals surface area (Å²) in [6, 6.07) is 6.87. The van der Waals surface area contributed by atoms with Crippen LogP contribution in [0.25, 0.3) is 0 Å². The molecule has 1 atom stereocenters. The second-order valence-corrected chi connectivity index (χ2v) is 6.34. The Morgan fingerprint density at radius 2 is 1.76 bits per heavy atom. The first kappa shape index (κ1) is 17.5. The smallest absolute Gasteiger partial charge is 0.321 e. The average Bonchev–Trinajstić information content (AvgIpc) is 2.34. The number of halogens is 1. The lowest BCUT2D eigenvalue weighted by Gasteiger charge is -2.20. The van der Waals surface area contributed by atoms with E-state index in [4.69, 9.17) is 11.6 Å². The number of imide groups is 1. The van der Waals surface area contributed by atoms with E-state index in [1.165, 1.54) is 0 Å². The lowest BCUT2D eigenvalue weighted by molar-refractivity contribution is -0.119. The summed E-state index contributed by atoms with van der Waals surface area (Å²) in [7, 11) is 0. The molecular formula is C15H22ClN3O2. The molecular weight excluding hydrogens is 290 g/mol. The van der Waals surface area contributed by atoms with E-state index in [0.717, 1.165) is 5.56 Å². The number of hydrogen-bond acceptors (Lipinski definition) is 3. The molecule has 116 valence electrons. The second-order valence-electron chi connectivity index (χ2n) is 5.91. The fourth-order valence-corrected chi connectivity index (χ4v) is 1.78. The third-order valence-electron chi connectivity index (χ3n) is 2.68. The highest BCUT2D eigenvalue weighted by atomic mass is 35.5. The van der Waals surface area contributed by atoms with Gasteiger partial charge in [-0.2, -0.15) is 0 Å². The first-order valence-electron chi connectivity index (χ1n) is 6.78. The molecule has 0 aliphatic heterocycles. The van der Waals surface area contributed by atoms with E-state index in [9.17, 15) is 9.59 Å². The number of rotatable bonds is 4. The van der Waals surface area contributed by atoms with E-state index in [-0.39, 0.29) is 24.0 Å². The quantitative estimate of drug-likeness (QED) is 0.800. The first-order chi connectivity index (χ1) is 9.67. The molecule has 0 fully saturated rings. The molecule has 1 rings (SSSR count). The normalized spacial score (nSPS) is 12.6. The van der Waals surface area contributed by atoms with Crippen LogP contribution >= 0.6 is 11.6 Å². The van der Waals surface area contributed by atoms with E-state index < -0.39 is 6.03 Å². The SMILES string of the molecule is C[C@@H](NCC(=O)NC(=O)NC(C)(C)C)c1ccc(Cl)cc1. The Balaban J connectivity index is 2.39. The predicted octanol–water partition coefficient (Wildman–Crippen LogP) is 2.61. The van der Waals surface area contributed by atoms with Crippen LogP contribution in [0.5, 0.6) is 0 Å². The molecule has 5 nitrogen and oxygen atoms in total. The molecule has 21 heavy (non-hydrogen) atoms. The van der Waals surface area contributed by atoms with E-state index in [1.807, 2.05) is 39.8 Å². The molecule has 0 spiro atoms. The third-order valence-corrected chi connectivity index (χ3v) is 2.93. The minimum atomic E-state index is -0.492. The van der Waals surface area contributed by atoms with Gasteiger partial charge in [0.2, 0.25) is 5.91 Å². The molecule has 3 N–H and O–H groups in total. The summed E-state index contributed by atoms with van der Waals surface area (Å²) >= 11 is 5.82. The van der Waals surface area contributed by atoms with Gasteiger partial charge >= 0.3 is 6.03 Å². The van der Waals surface area contributed by atoms with Gasteiger partial charge in [0, 0.05) is 16.6 Å². The molecule has 0 radical (unpaired) electrons. The molecule has 0 bridgehead atoms. The van der Waals surface area contributed by atoms with Crippen molar-refractivity contribution in [2.45, 2.75) is 39.3 Å². The maximum Gasteiger partial charge on any atom is 0.321 e. The first-order valence-corrected chi connectivity index (χ1v) is 7.16. The molecule has 0 aromatic heterocycles. The molecule has 1 aromatic rings. The van der Waals surface area contributed by atoms with Crippen LogP contribution in [0.4, 0.5) is 4.79 Å². The van der Waals surface area contributed by atoms with Gasteiger partial charge < -0.3 is 10.6 Å². The number of amides is 3. The Morgan fingerprint density at radius 3 is 2.29 bits per heavy atom. The van der Waals surface area contributed by atoms with Gasteiger partial charge in [-0.3, -0.25) is 10.1 Å². The van der Waals surface area contributed by atoms with Gasteiger partial charge in [0.1, 0.15) is 0 Å². The maximum atomic E-state index is 11.7. The Hall–Kier alpha value is -1.59. The lowest BCUT2D eigenvalue weighted by atomic mass is 10.1. The minimum absolute atomic E-state index is 0.0151. The topological polar surface area (TPSA) is 70.2 Å². The molecule has 1 aromatic carbocycles. The van der Waals surface area contributed by atoms with Crippen LogP contribution in [0.15, 0.2) is 24.3 Å². The Bertz CT molecular complexity index is 495. The van der Waals surface area contributed by atoms with E-state index >= 15 is 0 Å². The molecule has 3 amide bonds. The monoisotopic (exact) mass is 311 g/mol. The van der Waals surface area contributed by atoms with Crippen LogP contribution in [-0.2, 0) is 4.79 Å². The van der Waals surface area contributed by atoms with Crippen molar-refractivity contribution in [3.63, 3.8) is 0 Å². The Kier molecular flexibility index (Phi) is 6.18. The summed E-state index contributed by atoms with van der Waals surface area (Å²) in [6.07, 6.45) is 0. The van der Waals surface area contributed by atoms with Crippen LogP contribution < -0.4 is 16.0 Å². The van der Waals surface area contributed by atoms with Gasteiger partial charge in [-0.05, 0) is 45.4 Å². The minimum Gasteiger partial charge on any atom is -0.333 e. The molecule has 0 aliphatic carbocycles.